The highest BCUT2D eigenvalue weighted by Crippen LogP contribution is 2.41. The van der Waals surface area contributed by atoms with Gasteiger partial charge in [0.25, 0.3) is 0 Å². The molecule has 2 atom stereocenters. The van der Waals surface area contributed by atoms with E-state index >= 15 is 0 Å². The van der Waals surface area contributed by atoms with E-state index in [0.717, 1.165) is 19.5 Å². The molecule has 0 aromatic heterocycles. The summed E-state index contributed by atoms with van der Waals surface area (Å²) in [6.45, 7) is 4.49. The monoisotopic (exact) mass is 253 g/mol. The molecule has 0 bridgehead atoms. The molecule has 104 valence electrons. The van der Waals surface area contributed by atoms with Gasteiger partial charge in [-0.3, -0.25) is 9.69 Å². The van der Waals surface area contributed by atoms with Gasteiger partial charge in [0.1, 0.15) is 0 Å². The largest absolute Gasteiger partial charge is 0.481 e. The molecule has 0 radical (unpaired) electrons. The van der Waals surface area contributed by atoms with E-state index in [1.165, 1.54) is 44.9 Å². The van der Waals surface area contributed by atoms with Crippen LogP contribution in [0.15, 0.2) is 0 Å². The number of carbonyl (C=O) groups is 1. The Balaban J connectivity index is 2.18. The van der Waals surface area contributed by atoms with Crippen LogP contribution in [0, 0.1) is 5.92 Å². The summed E-state index contributed by atoms with van der Waals surface area (Å²) in [6.07, 6.45) is 10.2. The topological polar surface area (TPSA) is 40.5 Å². The van der Waals surface area contributed by atoms with Crippen LogP contribution in [-0.4, -0.2) is 34.6 Å². The molecule has 1 heterocycles. The number of carboxylic acids is 1. The van der Waals surface area contributed by atoms with Gasteiger partial charge in [-0.2, -0.15) is 0 Å². The van der Waals surface area contributed by atoms with Crippen LogP contribution < -0.4 is 0 Å². The third-order valence-corrected chi connectivity index (χ3v) is 5.11. The maximum Gasteiger partial charge on any atom is 0.305 e. The number of likely N-dealkylation sites (tertiary alicyclic amines) is 1. The van der Waals surface area contributed by atoms with E-state index in [-0.39, 0.29) is 5.54 Å². The van der Waals surface area contributed by atoms with Crippen LogP contribution in [0.25, 0.3) is 0 Å². The summed E-state index contributed by atoms with van der Waals surface area (Å²) < 4.78 is 0. The van der Waals surface area contributed by atoms with Crippen LogP contribution in [0.4, 0.5) is 0 Å². The summed E-state index contributed by atoms with van der Waals surface area (Å²) in [6, 6.07) is 0. The Morgan fingerprint density at radius 2 is 1.83 bits per heavy atom. The van der Waals surface area contributed by atoms with Crippen molar-refractivity contribution in [2.24, 2.45) is 5.92 Å². The summed E-state index contributed by atoms with van der Waals surface area (Å²) in [7, 11) is 0. The smallest absolute Gasteiger partial charge is 0.305 e. The second kappa shape index (κ2) is 6.05. The zero-order chi connectivity index (χ0) is 13.0. The van der Waals surface area contributed by atoms with Crippen LogP contribution in [0.1, 0.15) is 64.7 Å². The van der Waals surface area contributed by atoms with Crippen LogP contribution in [0.2, 0.25) is 0 Å². The standard InChI is InChI=1S/C15H27NO2/c1-13-8-4-5-9-15(13,12-14(17)18)16-10-6-2-3-7-11-16/h13H,2-12H2,1H3,(H,17,18). The van der Waals surface area contributed by atoms with Crippen molar-refractivity contribution in [1.29, 1.82) is 0 Å². The number of hydrogen-bond acceptors (Lipinski definition) is 2. The molecule has 1 N–H and O–H groups in total. The number of hydrogen-bond donors (Lipinski definition) is 1. The van der Waals surface area contributed by atoms with Gasteiger partial charge in [0.05, 0.1) is 6.42 Å². The molecule has 1 saturated heterocycles. The Bertz CT molecular complexity index is 284. The molecule has 3 nitrogen and oxygen atoms in total. The molecule has 1 aliphatic heterocycles. The first-order valence-electron chi connectivity index (χ1n) is 7.62. The lowest BCUT2D eigenvalue weighted by Crippen LogP contribution is -2.56. The maximum absolute atomic E-state index is 11.3. The summed E-state index contributed by atoms with van der Waals surface area (Å²) in [5, 5.41) is 9.32. The highest BCUT2D eigenvalue weighted by atomic mass is 16.4. The highest BCUT2D eigenvalue weighted by Gasteiger charge is 2.44. The summed E-state index contributed by atoms with van der Waals surface area (Å²) in [4.78, 5) is 13.9. The fraction of sp³-hybridized carbons (Fsp3) is 0.933. The van der Waals surface area contributed by atoms with Crippen molar-refractivity contribution in [2.75, 3.05) is 13.1 Å². The molecule has 0 spiro atoms. The van der Waals surface area contributed by atoms with E-state index in [2.05, 4.69) is 11.8 Å². The van der Waals surface area contributed by atoms with E-state index in [4.69, 9.17) is 0 Å². The number of aliphatic carboxylic acids is 1. The molecule has 0 amide bonds. The fourth-order valence-electron chi connectivity index (χ4n) is 4.02. The summed E-state index contributed by atoms with van der Waals surface area (Å²) in [5.41, 5.74) is -0.0472. The van der Waals surface area contributed by atoms with Gasteiger partial charge in [-0.15, -0.1) is 0 Å². The number of rotatable bonds is 3. The summed E-state index contributed by atoms with van der Waals surface area (Å²) >= 11 is 0. The molecule has 2 aliphatic rings. The quantitative estimate of drug-likeness (QED) is 0.839. The van der Waals surface area contributed by atoms with Gasteiger partial charge in [0.15, 0.2) is 0 Å². The van der Waals surface area contributed by atoms with Gasteiger partial charge in [-0.25, -0.2) is 0 Å². The van der Waals surface area contributed by atoms with Gasteiger partial charge in [0, 0.05) is 5.54 Å². The normalized spacial score (nSPS) is 35.1. The van der Waals surface area contributed by atoms with Gasteiger partial charge >= 0.3 is 5.97 Å². The van der Waals surface area contributed by atoms with Crippen molar-refractivity contribution in [3.63, 3.8) is 0 Å². The first-order valence-corrected chi connectivity index (χ1v) is 7.62. The van der Waals surface area contributed by atoms with Crippen LogP contribution in [0.5, 0.6) is 0 Å². The third kappa shape index (κ3) is 2.87. The van der Waals surface area contributed by atoms with Gasteiger partial charge in [-0.1, -0.05) is 32.6 Å². The minimum Gasteiger partial charge on any atom is -0.481 e. The Labute approximate surface area is 111 Å². The molecule has 2 fully saturated rings. The predicted octanol–water partition coefficient (Wildman–Crippen LogP) is 3.29. The molecule has 2 rings (SSSR count). The number of carboxylic acid groups (broad SMARTS) is 1. The molecular weight excluding hydrogens is 226 g/mol. The van der Waals surface area contributed by atoms with Gasteiger partial charge in [-0.05, 0) is 44.7 Å². The van der Waals surface area contributed by atoms with Gasteiger partial charge in [0.2, 0.25) is 0 Å². The number of nitrogens with zero attached hydrogens (tertiary/aromatic N) is 1. The molecule has 0 aromatic carbocycles. The van der Waals surface area contributed by atoms with Crippen LogP contribution in [-0.2, 0) is 4.79 Å². The van der Waals surface area contributed by atoms with E-state index in [0.29, 0.717) is 12.3 Å². The lowest BCUT2D eigenvalue weighted by atomic mass is 9.70. The highest BCUT2D eigenvalue weighted by molar-refractivity contribution is 5.68. The molecule has 1 saturated carbocycles. The zero-order valence-corrected chi connectivity index (χ0v) is 11.7. The van der Waals surface area contributed by atoms with Crippen molar-refractivity contribution >= 4 is 5.97 Å². The van der Waals surface area contributed by atoms with Crippen molar-refractivity contribution in [1.82, 2.24) is 4.90 Å². The molecule has 3 heteroatoms. The fourth-order valence-corrected chi connectivity index (χ4v) is 4.02. The Kier molecular flexibility index (Phi) is 4.66. The second-order valence-electron chi connectivity index (χ2n) is 6.22. The van der Waals surface area contributed by atoms with E-state index < -0.39 is 5.97 Å². The SMILES string of the molecule is CC1CCCCC1(CC(=O)O)N1CCCCCC1. The lowest BCUT2D eigenvalue weighted by molar-refractivity contribution is -0.143. The second-order valence-corrected chi connectivity index (χ2v) is 6.22. The minimum absolute atomic E-state index is 0.0472. The van der Waals surface area contributed by atoms with Crippen LogP contribution in [0.3, 0.4) is 0 Å². The average molecular weight is 253 g/mol. The van der Waals surface area contributed by atoms with Crippen molar-refractivity contribution in [3.8, 4) is 0 Å². The first kappa shape index (κ1) is 13.9. The molecule has 2 unspecified atom stereocenters. The Morgan fingerprint density at radius 1 is 1.17 bits per heavy atom. The maximum atomic E-state index is 11.3. The van der Waals surface area contributed by atoms with Crippen molar-refractivity contribution in [3.05, 3.63) is 0 Å². The zero-order valence-electron chi connectivity index (χ0n) is 11.7. The molecule has 0 aromatic rings. The van der Waals surface area contributed by atoms with E-state index in [1.54, 1.807) is 0 Å². The van der Waals surface area contributed by atoms with Gasteiger partial charge < -0.3 is 5.11 Å². The van der Waals surface area contributed by atoms with Crippen LogP contribution >= 0.6 is 0 Å². The van der Waals surface area contributed by atoms with Crippen molar-refractivity contribution < 1.29 is 9.90 Å². The molecule has 1 aliphatic carbocycles. The predicted molar refractivity (Wildman–Crippen MR) is 72.7 cm³/mol. The van der Waals surface area contributed by atoms with E-state index in [1.807, 2.05) is 0 Å². The van der Waals surface area contributed by atoms with Crippen molar-refractivity contribution in [2.45, 2.75) is 70.3 Å². The molecule has 18 heavy (non-hydrogen) atoms. The Hall–Kier alpha value is -0.570. The molecular formula is C15H27NO2. The van der Waals surface area contributed by atoms with E-state index in [9.17, 15) is 9.90 Å². The average Bonchev–Trinajstić information content (AvgIpc) is 2.60. The third-order valence-electron chi connectivity index (χ3n) is 5.11. The lowest BCUT2D eigenvalue weighted by Gasteiger charge is -2.50. The first-order chi connectivity index (χ1) is 8.65. The summed E-state index contributed by atoms with van der Waals surface area (Å²) in [5.74, 6) is -0.0894. The Morgan fingerprint density at radius 3 is 2.39 bits per heavy atom. The minimum atomic E-state index is -0.618.